The largest absolute Gasteiger partial charge is 0.427 e. The van der Waals surface area contributed by atoms with E-state index < -0.39 is 17.2 Å². The van der Waals surface area contributed by atoms with E-state index in [-0.39, 0.29) is 11.7 Å². The van der Waals surface area contributed by atoms with Crippen molar-refractivity contribution in [1.29, 1.82) is 0 Å². The van der Waals surface area contributed by atoms with E-state index in [2.05, 4.69) is 15.2 Å². The van der Waals surface area contributed by atoms with Gasteiger partial charge in [0, 0.05) is 13.1 Å². The third kappa shape index (κ3) is 4.60. The van der Waals surface area contributed by atoms with E-state index in [1.165, 1.54) is 6.42 Å². The second-order valence-electron chi connectivity index (χ2n) is 4.92. The van der Waals surface area contributed by atoms with Crippen LogP contribution in [0.2, 0.25) is 0 Å². The number of thiazole rings is 1. The lowest BCUT2D eigenvalue weighted by molar-refractivity contribution is -0.134. The summed E-state index contributed by atoms with van der Waals surface area (Å²) in [5, 5.41) is 12.8. The second-order valence-corrected chi connectivity index (χ2v) is 5.95. The Hall–Kier alpha value is -0.860. The Balaban J connectivity index is 1.75. The SMILES string of the molecule is OC(CNc1ncc(C(F)(F)F)s1)CN1CCCCC1. The second kappa shape index (κ2) is 6.73. The molecule has 4 nitrogen and oxygen atoms in total. The highest BCUT2D eigenvalue weighted by atomic mass is 32.1. The number of hydrogen-bond donors (Lipinski definition) is 2. The molecule has 0 spiro atoms. The molecule has 8 heteroatoms. The maximum atomic E-state index is 12.4. The van der Waals surface area contributed by atoms with Crippen molar-refractivity contribution in [3.8, 4) is 0 Å². The summed E-state index contributed by atoms with van der Waals surface area (Å²) in [7, 11) is 0. The summed E-state index contributed by atoms with van der Waals surface area (Å²) in [4.78, 5) is 5.11. The van der Waals surface area contributed by atoms with Gasteiger partial charge in [0.2, 0.25) is 0 Å². The average molecular weight is 309 g/mol. The van der Waals surface area contributed by atoms with Gasteiger partial charge in [-0.25, -0.2) is 4.98 Å². The third-order valence-corrected chi connectivity index (χ3v) is 4.19. The number of aliphatic hydroxyl groups is 1. The zero-order valence-electron chi connectivity index (χ0n) is 11.0. The quantitative estimate of drug-likeness (QED) is 0.877. The zero-order chi connectivity index (χ0) is 14.6. The number of hydrogen-bond acceptors (Lipinski definition) is 5. The molecular formula is C12H18F3N3OS. The molecule has 0 radical (unpaired) electrons. The minimum absolute atomic E-state index is 0.190. The first-order valence-electron chi connectivity index (χ1n) is 6.62. The summed E-state index contributed by atoms with van der Waals surface area (Å²) in [6.45, 7) is 2.71. The van der Waals surface area contributed by atoms with Crippen LogP contribution in [0.15, 0.2) is 6.20 Å². The van der Waals surface area contributed by atoms with E-state index >= 15 is 0 Å². The van der Waals surface area contributed by atoms with Crippen LogP contribution in [0.25, 0.3) is 0 Å². The van der Waals surface area contributed by atoms with E-state index in [1.54, 1.807) is 0 Å². The van der Waals surface area contributed by atoms with Gasteiger partial charge in [0.05, 0.1) is 12.3 Å². The van der Waals surface area contributed by atoms with Crippen LogP contribution in [0.3, 0.4) is 0 Å². The molecule has 2 N–H and O–H groups in total. The Kier molecular flexibility index (Phi) is 5.22. The lowest BCUT2D eigenvalue weighted by Crippen LogP contribution is -2.39. The van der Waals surface area contributed by atoms with Crippen molar-refractivity contribution in [3.63, 3.8) is 0 Å². The highest BCUT2D eigenvalue weighted by molar-refractivity contribution is 7.15. The fourth-order valence-electron chi connectivity index (χ4n) is 2.20. The average Bonchev–Trinajstić information content (AvgIpc) is 2.86. The molecule has 1 unspecified atom stereocenters. The Morgan fingerprint density at radius 2 is 2.05 bits per heavy atom. The van der Waals surface area contributed by atoms with Gasteiger partial charge in [0.1, 0.15) is 4.88 Å². The van der Waals surface area contributed by atoms with Crippen molar-refractivity contribution in [3.05, 3.63) is 11.1 Å². The smallest absolute Gasteiger partial charge is 0.390 e. The number of alkyl halides is 3. The number of aromatic nitrogens is 1. The first kappa shape index (κ1) is 15.5. The third-order valence-electron chi connectivity index (χ3n) is 3.19. The van der Waals surface area contributed by atoms with Crippen molar-refractivity contribution in [2.45, 2.75) is 31.5 Å². The van der Waals surface area contributed by atoms with Gasteiger partial charge in [-0.3, -0.25) is 0 Å². The van der Waals surface area contributed by atoms with Gasteiger partial charge in [-0.05, 0) is 25.9 Å². The van der Waals surface area contributed by atoms with Crippen molar-refractivity contribution in [2.75, 3.05) is 31.5 Å². The number of nitrogens with one attached hydrogen (secondary N) is 1. The molecule has 0 bridgehead atoms. The van der Waals surface area contributed by atoms with Crippen molar-refractivity contribution < 1.29 is 18.3 Å². The summed E-state index contributed by atoms with van der Waals surface area (Å²) in [5.74, 6) is 0. The van der Waals surface area contributed by atoms with Gasteiger partial charge in [-0.1, -0.05) is 17.8 Å². The molecular weight excluding hydrogens is 291 g/mol. The van der Waals surface area contributed by atoms with E-state index in [0.29, 0.717) is 17.9 Å². The minimum Gasteiger partial charge on any atom is -0.390 e. The maximum Gasteiger partial charge on any atom is 0.427 e. The van der Waals surface area contributed by atoms with Gasteiger partial charge >= 0.3 is 6.18 Å². The number of halogens is 3. The van der Waals surface area contributed by atoms with Crippen molar-refractivity contribution >= 4 is 16.5 Å². The molecule has 1 aromatic rings. The summed E-state index contributed by atoms with van der Waals surface area (Å²) >= 11 is 0.556. The van der Waals surface area contributed by atoms with Crippen LogP contribution in [-0.4, -0.2) is 47.3 Å². The summed E-state index contributed by atoms with van der Waals surface area (Å²) < 4.78 is 37.2. The van der Waals surface area contributed by atoms with Crippen LogP contribution in [0, 0.1) is 0 Å². The molecule has 1 saturated heterocycles. The Bertz CT molecular complexity index is 418. The van der Waals surface area contributed by atoms with Crippen LogP contribution in [0.5, 0.6) is 0 Å². The molecule has 0 amide bonds. The summed E-state index contributed by atoms with van der Waals surface area (Å²) in [6, 6.07) is 0. The molecule has 0 aliphatic carbocycles. The van der Waals surface area contributed by atoms with Crippen LogP contribution >= 0.6 is 11.3 Å². The first-order chi connectivity index (χ1) is 9.45. The molecule has 2 rings (SSSR count). The summed E-state index contributed by atoms with van der Waals surface area (Å²) in [5.41, 5.74) is 0. The van der Waals surface area contributed by atoms with Crippen LogP contribution in [0.1, 0.15) is 24.1 Å². The van der Waals surface area contributed by atoms with E-state index in [4.69, 9.17) is 0 Å². The van der Waals surface area contributed by atoms with Gasteiger partial charge in [-0.2, -0.15) is 13.2 Å². The molecule has 114 valence electrons. The minimum atomic E-state index is -4.36. The fraction of sp³-hybridized carbons (Fsp3) is 0.750. The van der Waals surface area contributed by atoms with Gasteiger partial charge < -0.3 is 15.3 Å². The molecule has 0 saturated carbocycles. The van der Waals surface area contributed by atoms with Gasteiger partial charge in [-0.15, -0.1) is 0 Å². The molecule has 1 fully saturated rings. The lowest BCUT2D eigenvalue weighted by Gasteiger charge is -2.28. The van der Waals surface area contributed by atoms with Crippen molar-refractivity contribution in [1.82, 2.24) is 9.88 Å². The highest BCUT2D eigenvalue weighted by Crippen LogP contribution is 2.34. The standard InChI is InChI=1S/C12H18F3N3OS/c13-12(14,15)10-7-17-11(20-10)16-6-9(19)8-18-4-2-1-3-5-18/h7,9,19H,1-6,8H2,(H,16,17). The zero-order valence-corrected chi connectivity index (χ0v) is 11.8. The van der Waals surface area contributed by atoms with Crippen molar-refractivity contribution in [2.24, 2.45) is 0 Å². The highest BCUT2D eigenvalue weighted by Gasteiger charge is 2.33. The number of piperidine rings is 1. The first-order valence-corrected chi connectivity index (χ1v) is 7.44. The summed E-state index contributed by atoms with van der Waals surface area (Å²) in [6.07, 6.45) is -0.646. The topological polar surface area (TPSA) is 48.4 Å². The number of anilines is 1. The van der Waals surface area contributed by atoms with Crippen LogP contribution in [-0.2, 0) is 6.18 Å². The normalized spacial score (nSPS) is 19.0. The fourth-order valence-corrected chi connectivity index (χ4v) is 2.89. The maximum absolute atomic E-state index is 12.4. The Labute approximate surface area is 119 Å². The van der Waals surface area contributed by atoms with E-state index in [1.807, 2.05) is 0 Å². The number of rotatable bonds is 5. The Morgan fingerprint density at radius 3 is 2.65 bits per heavy atom. The van der Waals surface area contributed by atoms with Gasteiger partial charge in [0.25, 0.3) is 0 Å². The number of likely N-dealkylation sites (tertiary alicyclic amines) is 1. The van der Waals surface area contributed by atoms with E-state index in [9.17, 15) is 18.3 Å². The number of β-amino-alcohol motifs (C(OH)–C–C–N with tert-alkyl or cyclic N) is 1. The van der Waals surface area contributed by atoms with E-state index in [0.717, 1.165) is 32.1 Å². The Morgan fingerprint density at radius 1 is 1.35 bits per heavy atom. The molecule has 20 heavy (non-hydrogen) atoms. The molecule has 1 aliphatic heterocycles. The monoisotopic (exact) mass is 309 g/mol. The lowest BCUT2D eigenvalue weighted by atomic mass is 10.1. The number of nitrogens with zero attached hydrogens (tertiary/aromatic N) is 2. The predicted molar refractivity (Wildman–Crippen MR) is 71.9 cm³/mol. The molecule has 1 atom stereocenters. The molecule has 1 aliphatic rings. The number of aliphatic hydroxyl groups excluding tert-OH is 1. The molecule has 2 heterocycles. The molecule has 0 aromatic carbocycles. The van der Waals surface area contributed by atoms with Gasteiger partial charge in [0.15, 0.2) is 5.13 Å². The predicted octanol–water partition coefficient (Wildman–Crippen LogP) is 2.42. The van der Waals surface area contributed by atoms with Crippen LogP contribution < -0.4 is 5.32 Å². The van der Waals surface area contributed by atoms with Crippen LogP contribution in [0.4, 0.5) is 18.3 Å². The molecule has 1 aromatic heterocycles.